The molecular weight excluding hydrogens is 384 g/mol. The summed E-state index contributed by atoms with van der Waals surface area (Å²) in [6, 6.07) is 10.7. The fourth-order valence-electron chi connectivity index (χ4n) is 5.40. The molecule has 0 N–H and O–H groups in total. The first-order valence-corrected chi connectivity index (χ1v) is 11.8. The normalized spacial score (nSPS) is 25.6. The van der Waals surface area contributed by atoms with E-state index >= 15 is 0 Å². The molecular formula is C27H32N2O2. The highest BCUT2D eigenvalue weighted by atomic mass is 16.5. The number of piperidine rings is 1. The number of carbonyl (C=O) groups excluding carboxylic acids is 1. The van der Waals surface area contributed by atoms with Gasteiger partial charge in [-0.25, -0.2) is 0 Å². The molecule has 2 saturated heterocycles. The average Bonchev–Trinajstić information content (AvgIpc) is 3.38. The lowest BCUT2D eigenvalue weighted by Gasteiger charge is -2.36. The molecule has 0 radical (unpaired) electrons. The minimum Gasteiger partial charge on any atom is -0.368 e. The number of fused-ring (bicyclic) bond motifs is 1. The minimum atomic E-state index is -0.180. The molecule has 2 aromatic rings. The summed E-state index contributed by atoms with van der Waals surface area (Å²) < 4.78 is 5.59. The van der Waals surface area contributed by atoms with Gasteiger partial charge in [-0.2, -0.15) is 0 Å². The quantitative estimate of drug-likeness (QED) is 0.683. The van der Waals surface area contributed by atoms with Crippen LogP contribution in [0.25, 0.3) is 10.9 Å². The van der Waals surface area contributed by atoms with Gasteiger partial charge in [-0.15, -0.1) is 0 Å². The Kier molecular flexibility index (Phi) is 5.91. The predicted molar refractivity (Wildman–Crippen MR) is 124 cm³/mol. The summed E-state index contributed by atoms with van der Waals surface area (Å²) in [6.45, 7) is 4.84. The molecule has 4 nitrogen and oxygen atoms in total. The molecule has 0 spiro atoms. The molecule has 3 heterocycles. The van der Waals surface area contributed by atoms with Gasteiger partial charge < -0.3 is 9.64 Å². The Morgan fingerprint density at radius 1 is 1.19 bits per heavy atom. The van der Waals surface area contributed by atoms with Gasteiger partial charge in [-0.05, 0) is 67.2 Å². The highest BCUT2D eigenvalue weighted by Gasteiger charge is 2.32. The lowest BCUT2D eigenvalue weighted by molar-refractivity contribution is -0.142. The van der Waals surface area contributed by atoms with Crippen LogP contribution in [0.1, 0.15) is 50.5 Å². The molecule has 162 valence electrons. The number of rotatable bonds is 4. The van der Waals surface area contributed by atoms with Crippen LogP contribution in [0.5, 0.6) is 0 Å². The minimum absolute atomic E-state index is 0.180. The molecule has 2 unspecified atom stereocenters. The van der Waals surface area contributed by atoms with E-state index in [-0.39, 0.29) is 12.0 Å². The van der Waals surface area contributed by atoms with Crippen LogP contribution >= 0.6 is 0 Å². The predicted octanol–water partition coefficient (Wildman–Crippen LogP) is 5.26. The van der Waals surface area contributed by atoms with E-state index in [4.69, 9.17) is 4.74 Å². The summed E-state index contributed by atoms with van der Waals surface area (Å²) in [4.78, 5) is 19.2. The van der Waals surface area contributed by atoms with Crippen molar-refractivity contribution in [2.45, 2.75) is 51.0 Å². The first kappa shape index (κ1) is 20.4. The second-order valence-electron chi connectivity index (χ2n) is 9.31. The molecule has 0 bridgehead atoms. The van der Waals surface area contributed by atoms with E-state index < -0.39 is 0 Å². The molecule has 1 amide bonds. The maximum atomic E-state index is 12.6. The molecule has 2 aliphatic heterocycles. The second-order valence-corrected chi connectivity index (χ2v) is 9.31. The Labute approximate surface area is 185 Å². The van der Waals surface area contributed by atoms with Crippen LogP contribution in [-0.2, 0) is 9.53 Å². The van der Waals surface area contributed by atoms with Gasteiger partial charge in [0.25, 0.3) is 5.91 Å². The molecule has 4 heteroatoms. The van der Waals surface area contributed by atoms with Crippen molar-refractivity contribution in [1.82, 2.24) is 9.88 Å². The van der Waals surface area contributed by atoms with E-state index in [2.05, 4.69) is 54.4 Å². The van der Waals surface area contributed by atoms with Gasteiger partial charge in [0, 0.05) is 37.2 Å². The standard InChI is InChI=1S/C27H32N2O2/c1-19(21-12-15-29(16-13-21)27(30)26-5-3-17-31-26)20-6-8-22(9-7-20)24-11-10-23-4-2-14-28-25(23)18-24/h2,4,6-8,10-11,14,18-19,21-22,26H,3,5,9,12-13,15-17H2,1H3/t19?,22?,26-/m1/s1. The highest BCUT2D eigenvalue weighted by Crippen LogP contribution is 2.36. The van der Waals surface area contributed by atoms with Gasteiger partial charge in [0.2, 0.25) is 0 Å². The maximum absolute atomic E-state index is 12.6. The van der Waals surface area contributed by atoms with E-state index in [1.165, 1.54) is 16.5 Å². The van der Waals surface area contributed by atoms with Gasteiger partial charge in [-0.3, -0.25) is 9.78 Å². The summed E-state index contributed by atoms with van der Waals surface area (Å²) >= 11 is 0. The number of hydrogen-bond acceptors (Lipinski definition) is 3. The summed E-state index contributed by atoms with van der Waals surface area (Å²) in [5.74, 6) is 1.82. The van der Waals surface area contributed by atoms with Crippen molar-refractivity contribution in [1.29, 1.82) is 0 Å². The van der Waals surface area contributed by atoms with Crippen LogP contribution in [-0.4, -0.2) is 41.6 Å². The lowest BCUT2D eigenvalue weighted by atomic mass is 9.78. The first-order chi connectivity index (χ1) is 15.2. The van der Waals surface area contributed by atoms with Gasteiger partial charge in [0.05, 0.1) is 5.52 Å². The summed E-state index contributed by atoms with van der Waals surface area (Å²) in [5.41, 5.74) is 3.87. The van der Waals surface area contributed by atoms with Gasteiger partial charge in [0.15, 0.2) is 0 Å². The van der Waals surface area contributed by atoms with Gasteiger partial charge in [-0.1, -0.05) is 43.4 Å². The Morgan fingerprint density at radius 3 is 2.81 bits per heavy atom. The number of hydrogen-bond donors (Lipinski definition) is 0. The number of ether oxygens (including phenoxy) is 1. The molecule has 0 saturated carbocycles. The fourth-order valence-corrected chi connectivity index (χ4v) is 5.40. The summed E-state index contributed by atoms with van der Waals surface area (Å²) in [7, 11) is 0. The number of likely N-dealkylation sites (tertiary alicyclic amines) is 1. The van der Waals surface area contributed by atoms with E-state index in [0.717, 1.165) is 57.3 Å². The maximum Gasteiger partial charge on any atom is 0.251 e. The van der Waals surface area contributed by atoms with Gasteiger partial charge in [0.1, 0.15) is 6.10 Å². The fraction of sp³-hybridized carbons (Fsp3) is 0.481. The zero-order valence-electron chi connectivity index (χ0n) is 18.4. The number of amides is 1. The van der Waals surface area contributed by atoms with Crippen LogP contribution in [0.3, 0.4) is 0 Å². The van der Waals surface area contributed by atoms with Crippen molar-refractivity contribution in [3.63, 3.8) is 0 Å². The van der Waals surface area contributed by atoms with Crippen LogP contribution in [0, 0.1) is 11.8 Å². The van der Waals surface area contributed by atoms with Crippen LogP contribution in [0.2, 0.25) is 0 Å². The Bertz CT molecular complexity index is 997. The Hall–Kier alpha value is -2.46. The Morgan fingerprint density at radius 2 is 2.06 bits per heavy atom. The number of benzene rings is 1. The number of carbonyl (C=O) groups is 1. The molecule has 1 aromatic heterocycles. The zero-order chi connectivity index (χ0) is 21.2. The zero-order valence-corrected chi connectivity index (χ0v) is 18.4. The van der Waals surface area contributed by atoms with Gasteiger partial charge >= 0.3 is 0 Å². The Balaban J connectivity index is 1.17. The molecule has 1 aliphatic carbocycles. The van der Waals surface area contributed by atoms with E-state index in [1.807, 2.05) is 17.2 Å². The molecule has 1 aromatic carbocycles. The molecule has 2 fully saturated rings. The average molecular weight is 417 g/mol. The van der Waals surface area contributed by atoms with E-state index in [1.54, 1.807) is 0 Å². The van der Waals surface area contributed by atoms with Crippen molar-refractivity contribution < 1.29 is 9.53 Å². The first-order valence-electron chi connectivity index (χ1n) is 11.8. The largest absolute Gasteiger partial charge is 0.368 e. The topological polar surface area (TPSA) is 42.4 Å². The van der Waals surface area contributed by atoms with Crippen LogP contribution in [0.15, 0.2) is 60.3 Å². The monoisotopic (exact) mass is 416 g/mol. The van der Waals surface area contributed by atoms with Crippen molar-refractivity contribution in [3.8, 4) is 0 Å². The summed E-state index contributed by atoms with van der Waals surface area (Å²) in [5, 5.41) is 1.19. The number of nitrogens with zero attached hydrogens (tertiary/aromatic N) is 2. The van der Waals surface area contributed by atoms with Crippen LogP contribution in [0.4, 0.5) is 0 Å². The number of pyridine rings is 1. The van der Waals surface area contributed by atoms with Crippen molar-refractivity contribution in [2.24, 2.45) is 11.8 Å². The third-order valence-electron chi connectivity index (χ3n) is 7.48. The highest BCUT2D eigenvalue weighted by molar-refractivity contribution is 5.81. The van der Waals surface area contributed by atoms with Crippen molar-refractivity contribution in [2.75, 3.05) is 19.7 Å². The van der Waals surface area contributed by atoms with Crippen molar-refractivity contribution >= 4 is 16.8 Å². The number of allylic oxidation sites excluding steroid dienone is 4. The molecule has 3 aliphatic rings. The SMILES string of the molecule is CC(C1=CCC(c2ccc3cccnc3c2)C=C1)C1CCN(C(=O)[C@H]2CCCO2)CC1. The molecule has 31 heavy (non-hydrogen) atoms. The smallest absolute Gasteiger partial charge is 0.251 e. The lowest BCUT2D eigenvalue weighted by Crippen LogP contribution is -2.44. The van der Waals surface area contributed by atoms with Crippen LogP contribution < -0.4 is 0 Å². The van der Waals surface area contributed by atoms with Crippen molar-refractivity contribution in [3.05, 3.63) is 65.9 Å². The molecule has 5 rings (SSSR count). The third kappa shape index (κ3) is 4.31. The van der Waals surface area contributed by atoms with E-state index in [0.29, 0.717) is 17.8 Å². The summed E-state index contributed by atoms with van der Waals surface area (Å²) in [6.07, 6.45) is 13.9. The number of aromatic nitrogens is 1. The second kappa shape index (κ2) is 8.96. The molecule has 3 atom stereocenters. The van der Waals surface area contributed by atoms with E-state index in [9.17, 15) is 4.79 Å². The third-order valence-corrected chi connectivity index (χ3v) is 7.48.